The Morgan fingerprint density at radius 3 is 2.65 bits per heavy atom. The van der Waals surface area contributed by atoms with Gasteiger partial charge in [0, 0.05) is 30.6 Å². The molecule has 1 N–H and O–H groups in total. The molecule has 120 valence electrons. The Labute approximate surface area is 136 Å². The van der Waals surface area contributed by atoms with Gasteiger partial charge in [0.15, 0.2) is 0 Å². The van der Waals surface area contributed by atoms with Crippen LogP contribution in [0.25, 0.3) is 0 Å². The molecule has 4 rings (SSSR count). The first kappa shape index (κ1) is 14.5. The normalized spacial score (nSPS) is 25.5. The van der Waals surface area contributed by atoms with Gasteiger partial charge in [0.25, 0.3) is 0 Å². The van der Waals surface area contributed by atoms with Gasteiger partial charge in [0.1, 0.15) is 18.1 Å². The van der Waals surface area contributed by atoms with Crippen molar-refractivity contribution >= 4 is 0 Å². The van der Waals surface area contributed by atoms with Crippen molar-refractivity contribution in [3.8, 4) is 11.5 Å². The van der Waals surface area contributed by atoms with E-state index in [2.05, 4.69) is 21.4 Å². The van der Waals surface area contributed by atoms with Gasteiger partial charge < -0.3 is 14.8 Å². The molecule has 2 aromatic rings. The second kappa shape index (κ2) is 6.54. The van der Waals surface area contributed by atoms with E-state index < -0.39 is 0 Å². The second-order valence-corrected chi connectivity index (χ2v) is 6.30. The lowest BCUT2D eigenvalue weighted by atomic mass is 10.1. The van der Waals surface area contributed by atoms with Crippen LogP contribution in [0.3, 0.4) is 0 Å². The van der Waals surface area contributed by atoms with E-state index >= 15 is 0 Å². The van der Waals surface area contributed by atoms with E-state index in [4.69, 9.17) is 9.47 Å². The summed E-state index contributed by atoms with van der Waals surface area (Å²) in [6.45, 7) is 2.57. The summed E-state index contributed by atoms with van der Waals surface area (Å²) in [5.74, 6) is 2.86. The van der Waals surface area contributed by atoms with Crippen LogP contribution in [-0.2, 0) is 0 Å². The molecule has 2 aromatic heterocycles. The lowest BCUT2D eigenvalue weighted by molar-refractivity contribution is 0.216. The average Bonchev–Trinajstić information content (AvgIpc) is 3.33. The van der Waals surface area contributed by atoms with Gasteiger partial charge in [-0.15, -0.1) is 0 Å². The third-order valence-electron chi connectivity index (χ3n) is 4.58. The molecule has 1 aliphatic heterocycles. The molecule has 3 heterocycles. The molecular formula is C18H21N3O2. The van der Waals surface area contributed by atoms with Crippen molar-refractivity contribution in [1.82, 2.24) is 15.3 Å². The number of hydrogen-bond acceptors (Lipinski definition) is 5. The molecule has 1 aliphatic carbocycles. The molecule has 2 fully saturated rings. The second-order valence-electron chi connectivity index (χ2n) is 6.30. The molecule has 0 unspecified atom stereocenters. The Hall–Kier alpha value is -2.14. The fraction of sp³-hybridized carbons (Fsp3) is 0.444. The summed E-state index contributed by atoms with van der Waals surface area (Å²) in [5, 5.41) is 3.34. The zero-order valence-corrected chi connectivity index (χ0v) is 13.0. The molecule has 0 aromatic carbocycles. The Bertz CT molecular complexity index is 646. The van der Waals surface area contributed by atoms with E-state index in [0.717, 1.165) is 37.7 Å². The molecule has 23 heavy (non-hydrogen) atoms. The summed E-state index contributed by atoms with van der Waals surface area (Å²) in [6, 6.07) is 6.41. The van der Waals surface area contributed by atoms with Crippen LogP contribution in [0.2, 0.25) is 0 Å². The monoisotopic (exact) mass is 311 g/mol. The average molecular weight is 311 g/mol. The Morgan fingerprint density at radius 1 is 1.04 bits per heavy atom. The van der Waals surface area contributed by atoms with Gasteiger partial charge in [-0.1, -0.05) is 0 Å². The molecule has 1 saturated carbocycles. The molecule has 1 saturated heterocycles. The predicted molar refractivity (Wildman–Crippen MR) is 86.7 cm³/mol. The predicted octanol–water partition coefficient (Wildman–Crippen LogP) is 2.40. The van der Waals surface area contributed by atoms with Crippen molar-refractivity contribution in [3.63, 3.8) is 0 Å². The smallest absolute Gasteiger partial charge is 0.137 e. The van der Waals surface area contributed by atoms with Gasteiger partial charge in [0.2, 0.25) is 0 Å². The number of hydrogen-bond donors (Lipinski definition) is 1. The molecule has 0 spiro atoms. The van der Waals surface area contributed by atoms with Crippen LogP contribution in [0.15, 0.2) is 43.0 Å². The summed E-state index contributed by atoms with van der Waals surface area (Å²) in [5.41, 5.74) is 1.26. The van der Waals surface area contributed by atoms with E-state index in [-0.39, 0.29) is 0 Å². The van der Waals surface area contributed by atoms with Crippen molar-refractivity contribution in [2.45, 2.75) is 24.8 Å². The summed E-state index contributed by atoms with van der Waals surface area (Å²) in [4.78, 5) is 8.32. The fourth-order valence-corrected chi connectivity index (χ4v) is 2.88. The SMILES string of the molecule is c1cc(OC[C@H]2C[C@@H]2c2cncc(OC[C@@H]3CCN3)c2)ccn1. The van der Waals surface area contributed by atoms with Crippen molar-refractivity contribution in [1.29, 1.82) is 0 Å². The zero-order valence-electron chi connectivity index (χ0n) is 13.0. The quantitative estimate of drug-likeness (QED) is 0.851. The maximum absolute atomic E-state index is 5.83. The van der Waals surface area contributed by atoms with Crippen LogP contribution < -0.4 is 14.8 Å². The van der Waals surface area contributed by atoms with Gasteiger partial charge in [-0.3, -0.25) is 9.97 Å². The maximum Gasteiger partial charge on any atom is 0.137 e. The van der Waals surface area contributed by atoms with Crippen LogP contribution in [0.1, 0.15) is 24.3 Å². The van der Waals surface area contributed by atoms with Gasteiger partial charge >= 0.3 is 0 Å². The highest BCUT2D eigenvalue weighted by atomic mass is 16.5. The number of pyridine rings is 2. The van der Waals surface area contributed by atoms with E-state index in [1.165, 1.54) is 12.0 Å². The molecule has 5 heteroatoms. The van der Waals surface area contributed by atoms with Crippen molar-refractivity contribution in [3.05, 3.63) is 48.5 Å². The van der Waals surface area contributed by atoms with Crippen LogP contribution >= 0.6 is 0 Å². The molecule has 0 amide bonds. The van der Waals surface area contributed by atoms with Crippen molar-refractivity contribution in [2.24, 2.45) is 5.92 Å². The summed E-state index contributed by atoms with van der Waals surface area (Å²) < 4.78 is 11.6. The first-order chi connectivity index (χ1) is 11.4. The first-order valence-corrected chi connectivity index (χ1v) is 8.22. The highest BCUT2D eigenvalue weighted by Gasteiger charge is 2.39. The molecule has 0 bridgehead atoms. The van der Waals surface area contributed by atoms with Crippen LogP contribution in [0, 0.1) is 5.92 Å². The minimum atomic E-state index is 0.501. The largest absolute Gasteiger partial charge is 0.493 e. The number of rotatable bonds is 7. The molecule has 2 aliphatic rings. The number of aromatic nitrogens is 2. The summed E-state index contributed by atoms with van der Waals surface area (Å²) in [6.07, 6.45) is 9.60. The minimum Gasteiger partial charge on any atom is -0.493 e. The third kappa shape index (κ3) is 3.62. The Kier molecular flexibility index (Phi) is 4.11. The van der Waals surface area contributed by atoms with Crippen molar-refractivity contribution in [2.75, 3.05) is 19.8 Å². The highest BCUT2D eigenvalue weighted by Crippen LogP contribution is 2.47. The van der Waals surface area contributed by atoms with E-state index in [0.29, 0.717) is 17.9 Å². The van der Waals surface area contributed by atoms with Crippen molar-refractivity contribution < 1.29 is 9.47 Å². The van der Waals surface area contributed by atoms with Gasteiger partial charge in [0.05, 0.1) is 12.8 Å². The van der Waals surface area contributed by atoms with E-state index in [1.807, 2.05) is 18.3 Å². The van der Waals surface area contributed by atoms with Crippen LogP contribution in [0.5, 0.6) is 11.5 Å². The number of nitrogens with one attached hydrogen (secondary N) is 1. The third-order valence-corrected chi connectivity index (χ3v) is 4.58. The standard InChI is InChI=1S/C18H21N3O2/c1-6-21-15(1)12-23-17-7-13(9-20-10-17)18-8-14(18)11-22-16-2-4-19-5-3-16/h2-5,7,9-10,14-15,18,21H,1,6,8,11-12H2/t14-,15+,18-/m1/s1. The molecule has 3 atom stereocenters. The topological polar surface area (TPSA) is 56.3 Å². The molecular weight excluding hydrogens is 290 g/mol. The number of ether oxygens (including phenoxy) is 2. The van der Waals surface area contributed by atoms with Gasteiger partial charge in [-0.25, -0.2) is 0 Å². The van der Waals surface area contributed by atoms with E-state index in [9.17, 15) is 0 Å². The number of nitrogens with zero attached hydrogens (tertiary/aromatic N) is 2. The van der Waals surface area contributed by atoms with Gasteiger partial charge in [-0.2, -0.15) is 0 Å². The molecule has 0 radical (unpaired) electrons. The highest BCUT2D eigenvalue weighted by molar-refractivity contribution is 5.30. The molecule has 5 nitrogen and oxygen atoms in total. The van der Waals surface area contributed by atoms with Gasteiger partial charge in [-0.05, 0) is 49.1 Å². The fourth-order valence-electron chi connectivity index (χ4n) is 2.88. The van der Waals surface area contributed by atoms with E-state index in [1.54, 1.807) is 18.6 Å². The minimum absolute atomic E-state index is 0.501. The maximum atomic E-state index is 5.83. The Morgan fingerprint density at radius 2 is 1.87 bits per heavy atom. The lowest BCUT2D eigenvalue weighted by Crippen LogP contribution is -2.46. The summed E-state index contributed by atoms with van der Waals surface area (Å²) in [7, 11) is 0. The zero-order chi connectivity index (χ0) is 15.5. The lowest BCUT2D eigenvalue weighted by Gasteiger charge is -2.27. The van der Waals surface area contributed by atoms with Crippen LogP contribution in [0.4, 0.5) is 0 Å². The van der Waals surface area contributed by atoms with Crippen LogP contribution in [-0.4, -0.2) is 35.8 Å². The first-order valence-electron chi connectivity index (χ1n) is 8.22. The summed E-state index contributed by atoms with van der Waals surface area (Å²) >= 11 is 0. The Balaban J connectivity index is 1.29.